The Hall–Kier alpha value is -0.460. The van der Waals surface area contributed by atoms with E-state index in [0.29, 0.717) is 10.9 Å². The summed E-state index contributed by atoms with van der Waals surface area (Å²) >= 11 is 8.52. The van der Waals surface area contributed by atoms with E-state index in [-0.39, 0.29) is 5.91 Å². The lowest BCUT2D eigenvalue weighted by atomic mass is 10.2. The monoisotopic (exact) mass is 314 g/mol. The van der Waals surface area contributed by atoms with E-state index in [0.717, 1.165) is 29.3 Å². The van der Waals surface area contributed by atoms with Crippen molar-refractivity contribution in [2.45, 2.75) is 20.8 Å². The number of nitrogens with zero attached hydrogens (tertiary/aromatic N) is 2. The molecule has 104 valence electrons. The molecule has 6 heteroatoms. The molecular weight excluding hydrogens is 296 g/mol. The van der Waals surface area contributed by atoms with Gasteiger partial charge in [-0.15, -0.1) is 11.8 Å². The van der Waals surface area contributed by atoms with Crippen molar-refractivity contribution in [3.8, 4) is 0 Å². The number of carbonyl (C=O) groups is 1. The zero-order chi connectivity index (χ0) is 14.0. The Morgan fingerprint density at radius 3 is 2.74 bits per heavy atom. The number of rotatable bonds is 3. The molecule has 0 aliphatic carbocycles. The molecule has 2 rings (SSSR count). The predicted octanol–water partition coefficient (Wildman–Crippen LogP) is 3.05. The summed E-state index contributed by atoms with van der Waals surface area (Å²) in [5.74, 6) is 1.18. The molecule has 2 heterocycles. The summed E-state index contributed by atoms with van der Waals surface area (Å²) in [5, 5.41) is 1.27. The highest BCUT2D eigenvalue weighted by molar-refractivity contribution is 8.26. The second-order valence-corrected chi connectivity index (χ2v) is 7.10. The summed E-state index contributed by atoms with van der Waals surface area (Å²) in [7, 11) is 0. The lowest BCUT2D eigenvalue weighted by Crippen LogP contribution is -2.27. The van der Waals surface area contributed by atoms with Crippen LogP contribution in [-0.4, -0.2) is 45.4 Å². The summed E-state index contributed by atoms with van der Waals surface area (Å²) in [6, 6.07) is 0. The molecule has 0 radical (unpaired) electrons. The number of thiocarbonyl (C=S) groups is 1. The van der Waals surface area contributed by atoms with Gasteiger partial charge in [-0.25, -0.2) is 0 Å². The first kappa shape index (κ1) is 14.9. The van der Waals surface area contributed by atoms with Gasteiger partial charge in [0.1, 0.15) is 4.32 Å². The number of thioether (sulfide) groups is 2. The molecular formula is C13H18N2OS3. The minimum Gasteiger partial charge on any atom is -0.366 e. The summed E-state index contributed by atoms with van der Waals surface area (Å²) in [4.78, 5) is 17.0. The summed E-state index contributed by atoms with van der Waals surface area (Å²) in [5.41, 5.74) is 1.02. The van der Waals surface area contributed by atoms with Crippen molar-refractivity contribution in [3.05, 3.63) is 21.6 Å². The summed E-state index contributed by atoms with van der Waals surface area (Å²) in [6.07, 6.45) is 2.13. The highest BCUT2D eigenvalue weighted by atomic mass is 32.2. The van der Waals surface area contributed by atoms with Crippen molar-refractivity contribution >= 4 is 46.0 Å². The lowest BCUT2D eigenvalue weighted by molar-refractivity contribution is -0.122. The van der Waals surface area contributed by atoms with Crippen molar-refractivity contribution in [1.29, 1.82) is 0 Å². The molecule has 0 atom stereocenters. The van der Waals surface area contributed by atoms with Crippen LogP contribution in [0.15, 0.2) is 21.6 Å². The molecule has 0 N–H and O–H groups in total. The predicted molar refractivity (Wildman–Crippen MR) is 88.1 cm³/mol. The zero-order valence-corrected chi connectivity index (χ0v) is 13.9. The third-order valence-electron chi connectivity index (χ3n) is 3.17. The van der Waals surface area contributed by atoms with Gasteiger partial charge in [0.15, 0.2) is 0 Å². The number of hydrogen-bond donors (Lipinski definition) is 0. The average Bonchev–Trinajstić information content (AvgIpc) is 2.94. The van der Waals surface area contributed by atoms with Gasteiger partial charge in [-0.3, -0.25) is 9.69 Å². The van der Waals surface area contributed by atoms with Crippen molar-refractivity contribution in [2.24, 2.45) is 0 Å². The van der Waals surface area contributed by atoms with Crippen LogP contribution in [0.25, 0.3) is 0 Å². The van der Waals surface area contributed by atoms with Gasteiger partial charge in [-0.05, 0) is 32.4 Å². The Morgan fingerprint density at radius 2 is 2.16 bits per heavy atom. The Kier molecular flexibility index (Phi) is 4.97. The van der Waals surface area contributed by atoms with Gasteiger partial charge < -0.3 is 4.90 Å². The van der Waals surface area contributed by atoms with Gasteiger partial charge in [0.05, 0.1) is 9.93 Å². The highest BCUT2D eigenvalue weighted by Crippen LogP contribution is 2.35. The van der Waals surface area contributed by atoms with E-state index in [1.165, 1.54) is 16.8 Å². The molecule has 2 aliphatic rings. The van der Waals surface area contributed by atoms with Crippen molar-refractivity contribution in [2.75, 3.05) is 25.4 Å². The van der Waals surface area contributed by atoms with Gasteiger partial charge in [-0.2, -0.15) is 0 Å². The Labute approximate surface area is 128 Å². The summed E-state index contributed by atoms with van der Waals surface area (Å²) in [6.45, 7) is 8.87. The maximum absolute atomic E-state index is 12.2. The van der Waals surface area contributed by atoms with Gasteiger partial charge in [-0.1, -0.05) is 24.0 Å². The van der Waals surface area contributed by atoms with Crippen LogP contribution in [0.5, 0.6) is 0 Å². The van der Waals surface area contributed by atoms with Crippen molar-refractivity contribution in [3.63, 3.8) is 0 Å². The first-order chi connectivity index (χ1) is 9.08. The molecule has 0 aromatic carbocycles. The molecule has 19 heavy (non-hydrogen) atoms. The Bertz CT molecular complexity index is 471. The minimum atomic E-state index is 0.0536. The van der Waals surface area contributed by atoms with Gasteiger partial charge in [0.2, 0.25) is 0 Å². The van der Waals surface area contributed by atoms with Crippen LogP contribution in [0.1, 0.15) is 20.8 Å². The van der Waals surface area contributed by atoms with Crippen LogP contribution in [0, 0.1) is 0 Å². The number of amides is 1. The number of carbonyl (C=O) groups excluding carboxylic acids is 1. The SMILES string of the molecule is CCN1C(=O)/C(=C(C)/C=C2\SCCN2CC)SC1=S. The summed E-state index contributed by atoms with van der Waals surface area (Å²) < 4.78 is 0.673. The molecule has 3 nitrogen and oxygen atoms in total. The van der Waals surface area contributed by atoms with Crippen LogP contribution in [0.3, 0.4) is 0 Å². The normalized spacial score (nSPS) is 24.9. The first-order valence-corrected chi connectivity index (χ1v) is 8.63. The maximum Gasteiger partial charge on any atom is 0.266 e. The first-order valence-electron chi connectivity index (χ1n) is 6.42. The van der Waals surface area contributed by atoms with E-state index in [1.54, 1.807) is 4.90 Å². The smallest absolute Gasteiger partial charge is 0.266 e. The van der Waals surface area contributed by atoms with Gasteiger partial charge >= 0.3 is 0 Å². The van der Waals surface area contributed by atoms with Crippen LogP contribution < -0.4 is 0 Å². The molecule has 0 bridgehead atoms. The van der Waals surface area contributed by atoms with Crippen molar-refractivity contribution in [1.82, 2.24) is 9.80 Å². The topological polar surface area (TPSA) is 23.6 Å². The van der Waals surface area contributed by atoms with E-state index in [2.05, 4.69) is 17.9 Å². The fourth-order valence-electron chi connectivity index (χ4n) is 2.07. The molecule has 0 unspecified atom stereocenters. The fraction of sp³-hybridized carbons (Fsp3) is 0.538. The third kappa shape index (κ3) is 3.01. The molecule has 2 fully saturated rings. The Morgan fingerprint density at radius 1 is 1.42 bits per heavy atom. The molecule has 2 aliphatic heterocycles. The van der Waals surface area contributed by atoms with Crippen LogP contribution in [0.2, 0.25) is 0 Å². The highest BCUT2D eigenvalue weighted by Gasteiger charge is 2.32. The van der Waals surface area contributed by atoms with Gasteiger partial charge in [0, 0.05) is 25.4 Å². The van der Waals surface area contributed by atoms with Crippen LogP contribution in [-0.2, 0) is 4.79 Å². The van der Waals surface area contributed by atoms with Crippen LogP contribution >= 0.6 is 35.7 Å². The maximum atomic E-state index is 12.2. The average molecular weight is 315 g/mol. The fourth-order valence-corrected chi connectivity index (χ4v) is 4.63. The van der Waals surface area contributed by atoms with Crippen molar-refractivity contribution < 1.29 is 4.79 Å². The minimum absolute atomic E-state index is 0.0536. The van der Waals surface area contributed by atoms with Crippen LogP contribution in [0.4, 0.5) is 0 Å². The molecule has 0 spiro atoms. The van der Waals surface area contributed by atoms with Gasteiger partial charge in [0.25, 0.3) is 5.91 Å². The van der Waals surface area contributed by atoms with E-state index in [4.69, 9.17) is 12.2 Å². The molecule has 0 aromatic rings. The molecule has 2 saturated heterocycles. The second kappa shape index (κ2) is 6.33. The molecule has 1 amide bonds. The van der Waals surface area contributed by atoms with E-state index in [9.17, 15) is 4.79 Å². The van der Waals surface area contributed by atoms with E-state index >= 15 is 0 Å². The van der Waals surface area contributed by atoms with E-state index < -0.39 is 0 Å². The third-order valence-corrected chi connectivity index (χ3v) is 5.79. The molecule has 0 saturated carbocycles. The largest absolute Gasteiger partial charge is 0.366 e. The number of hydrogen-bond acceptors (Lipinski definition) is 5. The standard InChI is InChI=1S/C13H18N2OS3/c1-4-14-6-7-18-10(14)8-9(3)11-12(16)15(5-2)13(17)19-11/h8H,4-7H2,1-3H3/b10-8-,11-9-. The number of likely N-dealkylation sites (N-methyl/N-ethyl adjacent to an activating group) is 1. The Balaban J connectivity index is 2.26. The zero-order valence-electron chi connectivity index (χ0n) is 11.4. The lowest BCUT2D eigenvalue weighted by Gasteiger charge is -2.16. The number of allylic oxidation sites excluding steroid dienone is 2. The molecule has 0 aromatic heterocycles. The quantitative estimate of drug-likeness (QED) is 0.588. The second-order valence-electron chi connectivity index (χ2n) is 4.34. The van der Waals surface area contributed by atoms with E-state index in [1.807, 2.05) is 25.6 Å².